The molecule has 0 N–H and O–H groups in total. The van der Waals surface area contributed by atoms with Crippen molar-refractivity contribution in [3.63, 3.8) is 0 Å². The van der Waals surface area contributed by atoms with Crippen LogP contribution < -0.4 is 15.4 Å². The number of halogens is 1. The molecule has 0 aliphatic carbocycles. The van der Waals surface area contributed by atoms with Gasteiger partial charge in [0.1, 0.15) is 17.2 Å². The summed E-state index contributed by atoms with van der Waals surface area (Å²) in [6.45, 7) is 5.18. The monoisotopic (exact) mass is 376 g/mol. The molecule has 0 spiro atoms. The summed E-state index contributed by atoms with van der Waals surface area (Å²) >= 11 is 7.90. The summed E-state index contributed by atoms with van der Waals surface area (Å²) in [5.74, 6) is 0.982. The molecule has 25 heavy (non-hydrogen) atoms. The Kier molecular flexibility index (Phi) is 4.09. The molecule has 0 atom stereocenters. The molecular formula is C16H17ClN6OS. The van der Waals surface area contributed by atoms with Gasteiger partial charge in [-0.3, -0.25) is 4.79 Å². The first-order valence-electron chi connectivity index (χ1n) is 7.97. The molecule has 1 fully saturated rings. The normalized spacial score (nSPS) is 15.2. The molecule has 9 heteroatoms. The maximum Gasteiger partial charge on any atom is 0.287 e. The molecule has 0 amide bonds. The number of thiophene rings is 1. The van der Waals surface area contributed by atoms with E-state index in [0.717, 1.165) is 42.2 Å². The predicted octanol–water partition coefficient (Wildman–Crippen LogP) is 2.07. The van der Waals surface area contributed by atoms with Crippen molar-refractivity contribution >= 4 is 44.7 Å². The highest BCUT2D eigenvalue weighted by Crippen LogP contribution is 2.32. The van der Waals surface area contributed by atoms with Crippen LogP contribution in [-0.4, -0.2) is 45.9 Å². The second kappa shape index (κ2) is 6.27. The highest BCUT2D eigenvalue weighted by Gasteiger charge is 2.23. The van der Waals surface area contributed by atoms with Crippen molar-refractivity contribution in [1.82, 2.24) is 19.7 Å². The smallest absolute Gasteiger partial charge is 0.287 e. The summed E-state index contributed by atoms with van der Waals surface area (Å²) in [6.07, 6.45) is 3.29. The zero-order valence-electron chi connectivity index (χ0n) is 13.9. The molecule has 4 rings (SSSR count). The van der Waals surface area contributed by atoms with Crippen molar-refractivity contribution in [3.8, 4) is 0 Å². The summed E-state index contributed by atoms with van der Waals surface area (Å²) in [4.78, 5) is 25.2. The summed E-state index contributed by atoms with van der Waals surface area (Å²) in [6, 6.07) is 0. The van der Waals surface area contributed by atoms with Crippen LogP contribution in [-0.2, 0) is 7.05 Å². The van der Waals surface area contributed by atoms with Crippen molar-refractivity contribution in [2.45, 2.75) is 6.92 Å². The van der Waals surface area contributed by atoms with Gasteiger partial charge >= 0.3 is 0 Å². The van der Waals surface area contributed by atoms with Crippen molar-refractivity contribution in [2.75, 3.05) is 36.0 Å². The molecule has 3 aromatic heterocycles. The third kappa shape index (κ3) is 2.75. The van der Waals surface area contributed by atoms with Crippen LogP contribution in [0.4, 0.5) is 11.5 Å². The average molecular weight is 377 g/mol. The number of piperazine rings is 1. The Bertz CT molecular complexity index is 992. The molecule has 4 heterocycles. The largest absolute Gasteiger partial charge is 0.365 e. The molecule has 3 aromatic rings. The Morgan fingerprint density at radius 2 is 1.88 bits per heavy atom. The Morgan fingerprint density at radius 3 is 2.64 bits per heavy atom. The Hall–Kier alpha value is -2.19. The molecule has 1 saturated heterocycles. The van der Waals surface area contributed by atoms with Gasteiger partial charge in [0, 0.05) is 33.2 Å². The van der Waals surface area contributed by atoms with E-state index >= 15 is 0 Å². The number of nitrogens with zero attached hydrogens (tertiary/aromatic N) is 6. The first-order chi connectivity index (χ1) is 12.1. The summed E-state index contributed by atoms with van der Waals surface area (Å²) < 4.78 is 2.38. The molecular weight excluding hydrogens is 360 g/mol. The fraction of sp³-hybridized carbons (Fsp3) is 0.375. The standard InChI is InChI=1S/C16H17ClN6OS/c1-10-8-25-14-13(10)18-9-19-15(14)23-5-3-22(4-6-23)11-7-20-21(2)16(24)12(11)17/h7-9H,3-6H2,1-2H3. The van der Waals surface area contributed by atoms with Gasteiger partial charge in [-0.25, -0.2) is 14.6 Å². The lowest BCUT2D eigenvalue weighted by Gasteiger charge is -2.36. The van der Waals surface area contributed by atoms with Gasteiger partial charge in [0.15, 0.2) is 0 Å². The zero-order valence-corrected chi connectivity index (χ0v) is 15.5. The molecule has 0 saturated carbocycles. The number of hydrogen-bond donors (Lipinski definition) is 0. The summed E-state index contributed by atoms with van der Waals surface area (Å²) in [5, 5.41) is 6.42. The lowest BCUT2D eigenvalue weighted by Crippen LogP contribution is -2.47. The van der Waals surface area contributed by atoms with Crippen LogP contribution in [0.25, 0.3) is 10.2 Å². The van der Waals surface area contributed by atoms with Crippen LogP contribution in [0.3, 0.4) is 0 Å². The number of anilines is 2. The van der Waals surface area contributed by atoms with Gasteiger partial charge in [0.2, 0.25) is 0 Å². The lowest BCUT2D eigenvalue weighted by molar-refractivity contribution is 0.640. The van der Waals surface area contributed by atoms with Gasteiger partial charge in [0.05, 0.1) is 22.1 Å². The molecule has 1 aliphatic rings. The van der Waals surface area contributed by atoms with Crippen LogP contribution in [0.15, 0.2) is 22.7 Å². The van der Waals surface area contributed by atoms with E-state index in [1.807, 2.05) is 0 Å². The van der Waals surface area contributed by atoms with Crippen LogP contribution in [0.5, 0.6) is 0 Å². The first-order valence-corrected chi connectivity index (χ1v) is 9.22. The van der Waals surface area contributed by atoms with Gasteiger partial charge in [-0.1, -0.05) is 11.6 Å². The lowest BCUT2D eigenvalue weighted by atomic mass is 10.2. The van der Waals surface area contributed by atoms with Gasteiger partial charge in [-0.15, -0.1) is 11.3 Å². The number of hydrogen-bond acceptors (Lipinski definition) is 7. The third-order valence-corrected chi connectivity index (χ3v) is 5.93. The fourth-order valence-electron chi connectivity index (χ4n) is 3.06. The Labute approximate surface area is 153 Å². The van der Waals surface area contributed by atoms with E-state index in [1.54, 1.807) is 30.9 Å². The van der Waals surface area contributed by atoms with Crippen LogP contribution in [0.1, 0.15) is 5.56 Å². The van der Waals surface area contributed by atoms with Crippen LogP contribution >= 0.6 is 22.9 Å². The third-order valence-electron chi connectivity index (χ3n) is 4.49. The van der Waals surface area contributed by atoms with Gasteiger partial charge < -0.3 is 9.80 Å². The molecule has 0 bridgehead atoms. The van der Waals surface area contributed by atoms with Crippen LogP contribution in [0.2, 0.25) is 5.02 Å². The van der Waals surface area contributed by atoms with Crippen molar-refractivity contribution < 1.29 is 0 Å². The van der Waals surface area contributed by atoms with Gasteiger partial charge in [0.25, 0.3) is 5.56 Å². The summed E-state index contributed by atoms with van der Waals surface area (Å²) in [5.41, 5.74) is 2.63. The number of rotatable bonds is 2. The maximum atomic E-state index is 12.0. The minimum absolute atomic E-state index is 0.226. The quantitative estimate of drug-likeness (QED) is 0.682. The van der Waals surface area contributed by atoms with E-state index in [1.165, 1.54) is 10.2 Å². The molecule has 0 unspecified atom stereocenters. The van der Waals surface area contributed by atoms with E-state index in [0.29, 0.717) is 5.69 Å². The van der Waals surface area contributed by atoms with Crippen molar-refractivity contribution in [1.29, 1.82) is 0 Å². The Balaban J connectivity index is 1.57. The highest BCUT2D eigenvalue weighted by atomic mass is 35.5. The SMILES string of the molecule is Cc1csc2c(N3CCN(c4cnn(C)c(=O)c4Cl)CC3)ncnc12. The molecule has 7 nitrogen and oxygen atoms in total. The second-order valence-electron chi connectivity index (χ2n) is 6.04. The highest BCUT2D eigenvalue weighted by molar-refractivity contribution is 7.18. The Morgan fingerprint density at radius 1 is 1.16 bits per heavy atom. The fourth-order valence-corrected chi connectivity index (χ4v) is 4.37. The topological polar surface area (TPSA) is 67.2 Å². The minimum Gasteiger partial charge on any atom is -0.365 e. The second-order valence-corrected chi connectivity index (χ2v) is 7.30. The zero-order chi connectivity index (χ0) is 17.6. The first kappa shape index (κ1) is 16.3. The van der Waals surface area contributed by atoms with E-state index in [4.69, 9.17) is 11.6 Å². The van der Waals surface area contributed by atoms with E-state index < -0.39 is 0 Å². The van der Waals surface area contributed by atoms with E-state index in [-0.39, 0.29) is 10.6 Å². The average Bonchev–Trinajstić information content (AvgIpc) is 3.02. The predicted molar refractivity (Wildman–Crippen MR) is 101 cm³/mol. The van der Waals surface area contributed by atoms with Crippen molar-refractivity contribution in [3.05, 3.63) is 38.8 Å². The minimum atomic E-state index is -0.270. The molecule has 0 radical (unpaired) electrons. The van der Waals surface area contributed by atoms with Crippen LogP contribution in [0, 0.1) is 6.92 Å². The number of aromatic nitrogens is 4. The van der Waals surface area contributed by atoms with Gasteiger partial charge in [-0.2, -0.15) is 5.10 Å². The number of fused-ring (bicyclic) bond motifs is 1. The summed E-state index contributed by atoms with van der Waals surface area (Å²) in [7, 11) is 1.60. The van der Waals surface area contributed by atoms with E-state index in [9.17, 15) is 4.79 Å². The molecule has 130 valence electrons. The van der Waals surface area contributed by atoms with Gasteiger partial charge in [-0.05, 0) is 17.9 Å². The van der Waals surface area contributed by atoms with E-state index in [2.05, 4.69) is 37.2 Å². The van der Waals surface area contributed by atoms with Crippen molar-refractivity contribution in [2.24, 2.45) is 7.05 Å². The molecule has 0 aromatic carbocycles. The number of aryl methyl sites for hydroxylation is 2. The maximum absolute atomic E-state index is 12.0. The molecule has 1 aliphatic heterocycles.